The highest BCUT2D eigenvalue weighted by molar-refractivity contribution is 6.03. The van der Waals surface area contributed by atoms with Crippen LogP contribution in [0.2, 0.25) is 0 Å². The van der Waals surface area contributed by atoms with E-state index in [2.05, 4.69) is 36.2 Å². The first-order chi connectivity index (χ1) is 13.0. The maximum atomic E-state index is 12.3. The molecule has 0 bridgehead atoms. The van der Waals surface area contributed by atoms with Crippen LogP contribution in [0.1, 0.15) is 48.8 Å². The molecule has 0 aliphatic heterocycles. The predicted molar refractivity (Wildman–Crippen MR) is 101 cm³/mol. The van der Waals surface area contributed by atoms with Gasteiger partial charge in [-0.3, -0.25) is 14.8 Å². The highest BCUT2D eigenvalue weighted by Gasteiger charge is 2.32. The number of hydrogen-bond acceptors (Lipinski definition) is 5. The lowest BCUT2D eigenvalue weighted by Gasteiger charge is -2.30. The molecule has 1 N–H and O–H groups in total. The molecule has 0 saturated heterocycles. The van der Waals surface area contributed by atoms with E-state index in [0.717, 1.165) is 31.5 Å². The van der Waals surface area contributed by atoms with E-state index in [1.807, 2.05) is 22.9 Å². The van der Waals surface area contributed by atoms with E-state index in [4.69, 9.17) is 9.62 Å². The minimum Gasteiger partial charge on any atom is -0.330 e. The highest BCUT2D eigenvalue weighted by atomic mass is 16.5. The van der Waals surface area contributed by atoms with E-state index in [-0.39, 0.29) is 17.3 Å². The van der Waals surface area contributed by atoms with E-state index >= 15 is 0 Å². The molecule has 140 valence electrons. The Morgan fingerprint density at radius 2 is 2.07 bits per heavy atom. The average Bonchev–Trinajstić information content (AvgIpc) is 3.25. The number of amides is 1. The molecule has 4 rings (SSSR count). The summed E-state index contributed by atoms with van der Waals surface area (Å²) < 4.78 is 7.44. The fraction of sp³-hybridized carbons (Fsp3) is 0.400. The lowest BCUT2D eigenvalue weighted by atomic mass is 9.76. The summed E-state index contributed by atoms with van der Waals surface area (Å²) in [6.07, 6.45) is 3.01. The third kappa shape index (κ3) is 3.37. The van der Waals surface area contributed by atoms with Gasteiger partial charge in [0, 0.05) is 23.4 Å². The SMILES string of the molecule is CCn1nc(-c2nc(NC(=O)c3ccccc3)no2)c2c1CC(C)(C)CC2. The summed E-state index contributed by atoms with van der Waals surface area (Å²) in [5, 5.41) is 11.3. The van der Waals surface area contributed by atoms with Crippen molar-refractivity contribution in [2.45, 2.75) is 46.6 Å². The number of fused-ring (bicyclic) bond motifs is 1. The lowest BCUT2D eigenvalue weighted by Crippen LogP contribution is -2.24. The van der Waals surface area contributed by atoms with Crippen molar-refractivity contribution < 1.29 is 9.32 Å². The zero-order chi connectivity index (χ0) is 19.0. The van der Waals surface area contributed by atoms with Crippen LogP contribution in [-0.2, 0) is 19.4 Å². The quantitative estimate of drug-likeness (QED) is 0.761. The molecule has 0 radical (unpaired) electrons. The van der Waals surface area contributed by atoms with Crippen LogP contribution in [0.5, 0.6) is 0 Å². The van der Waals surface area contributed by atoms with E-state index in [0.29, 0.717) is 11.5 Å². The summed E-state index contributed by atoms with van der Waals surface area (Å²) in [6, 6.07) is 8.94. The molecule has 3 aromatic rings. The van der Waals surface area contributed by atoms with Crippen molar-refractivity contribution in [2.75, 3.05) is 5.32 Å². The third-order valence-corrected chi connectivity index (χ3v) is 5.05. The van der Waals surface area contributed by atoms with Crippen molar-refractivity contribution in [2.24, 2.45) is 5.41 Å². The molecule has 7 nitrogen and oxygen atoms in total. The topological polar surface area (TPSA) is 85.8 Å². The molecular weight excluding hydrogens is 342 g/mol. The van der Waals surface area contributed by atoms with Crippen LogP contribution in [0.3, 0.4) is 0 Å². The molecule has 1 amide bonds. The number of nitrogens with zero attached hydrogens (tertiary/aromatic N) is 4. The van der Waals surface area contributed by atoms with Crippen molar-refractivity contribution in [3.63, 3.8) is 0 Å². The smallest absolute Gasteiger partial charge is 0.280 e. The lowest BCUT2D eigenvalue weighted by molar-refractivity contribution is 0.102. The van der Waals surface area contributed by atoms with Crippen LogP contribution < -0.4 is 5.32 Å². The molecule has 1 aliphatic rings. The number of carbonyl (C=O) groups is 1. The maximum absolute atomic E-state index is 12.3. The van der Waals surface area contributed by atoms with Gasteiger partial charge >= 0.3 is 0 Å². The summed E-state index contributed by atoms with van der Waals surface area (Å²) in [7, 11) is 0. The Hall–Kier alpha value is -2.96. The number of hydrogen-bond donors (Lipinski definition) is 1. The van der Waals surface area contributed by atoms with Crippen molar-refractivity contribution in [1.82, 2.24) is 19.9 Å². The van der Waals surface area contributed by atoms with Crippen LogP contribution in [-0.4, -0.2) is 25.8 Å². The fourth-order valence-electron chi connectivity index (χ4n) is 3.57. The third-order valence-electron chi connectivity index (χ3n) is 5.05. The fourth-order valence-corrected chi connectivity index (χ4v) is 3.57. The average molecular weight is 365 g/mol. The number of rotatable bonds is 4. The second kappa shape index (κ2) is 6.64. The highest BCUT2D eigenvalue weighted by Crippen LogP contribution is 2.38. The largest absolute Gasteiger partial charge is 0.330 e. The van der Waals surface area contributed by atoms with E-state index in [9.17, 15) is 4.79 Å². The van der Waals surface area contributed by atoms with Gasteiger partial charge in [0.1, 0.15) is 0 Å². The van der Waals surface area contributed by atoms with Gasteiger partial charge in [-0.05, 0) is 48.9 Å². The van der Waals surface area contributed by atoms with Crippen LogP contribution in [0, 0.1) is 5.41 Å². The summed E-state index contributed by atoms with van der Waals surface area (Å²) in [6.45, 7) is 7.45. The summed E-state index contributed by atoms with van der Waals surface area (Å²) >= 11 is 0. The molecule has 0 unspecified atom stereocenters. The van der Waals surface area contributed by atoms with Crippen LogP contribution in [0.15, 0.2) is 34.9 Å². The Morgan fingerprint density at radius 3 is 2.81 bits per heavy atom. The van der Waals surface area contributed by atoms with Crippen LogP contribution in [0.25, 0.3) is 11.6 Å². The Labute approximate surface area is 157 Å². The number of anilines is 1. The number of aryl methyl sites for hydroxylation is 1. The standard InChI is InChI=1S/C20H23N5O2/c1-4-25-15-12-20(2,3)11-10-14(15)16(23-25)18-22-19(24-27-18)21-17(26)13-8-6-5-7-9-13/h5-9H,4,10-12H2,1-3H3,(H,21,24,26). The molecule has 1 aromatic carbocycles. The van der Waals surface area contributed by atoms with Gasteiger partial charge in [0.15, 0.2) is 5.69 Å². The molecule has 0 atom stereocenters. The van der Waals surface area contributed by atoms with Crippen molar-refractivity contribution in [1.29, 1.82) is 0 Å². The molecule has 0 saturated carbocycles. The molecule has 0 fully saturated rings. The van der Waals surface area contributed by atoms with Crippen LogP contribution >= 0.6 is 0 Å². The molecule has 0 spiro atoms. The van der Waals surface area contributed by atoms with Crippen molar-refractivity contribution >= 4 is 11.9 Å². The van der Waals surface area contributed by atoms with Gasteiger partial charge in [-0.1, -0.05) is 32.0 Å². The zero-order valence-electron chi connectivity index (χ0n) is 15.8. The van der Waals surface area contributed by atoms with E-state index < -0.39 is 0 Å². The molecule has 2 aromatic heterocycles. The number of carbonyl (C=O) groups excluding carboxylic acids is 1. The first-order valence-corrected chi connectivity index (χ1v) is 9.26. The maximum Gasteiger partial charge on any atom is 0.280 e. The Kier molecular flexibility index (Phi) is 4.30. The minimum atomic E-state index is -0.272. The number of aromatic nitrogens is 4. The number of benzene rings is 1. The summed E-state index contributed by atoms with van der Waals surface area (Å²) in [4.78, 5) is 16.6. The normalized spacial score (nSPS) is 15.4. The van der Waals surface area contributed by atoms with Gasteiger partial charge in [0.25, 0.3) is 17.7 Å². The first-order valence-electron chi connectivity index (χ1n) is 9.26. The molecule has 27 heavy (non-hydrogen) atoms. The van der Waals surface area contributed by atoms with E-state index in [1.165, 1.54) is 11.3 Å². The zero-order valence-corrected chi connectivity index (χ0v) is 15.8. The molecular formula is C20H23N5O2. The monoisotopic (exact) mass is 365 g/mol. The van der Waals surface area contributed by atoms with Gasteiger partial charge in [0.05, 0.1) is 0 Å². The summed E-state index contributed by atoms with van der Waals surface area (Å²) in [5.74, 6) is 0.224. The molecule has 7 heteroatoms. The molecule has 2 heterocycles. The van der Waals surface area contributed by atoms with Gasteiger partial charge < -0.3 is 4.52 Å². The van der Waals surface area contributed by atoms with Crippen molar-refractivity contribution in [3.05, 3.63) is 47.2 Å². The Balaban J connectivity index is 1.61. The Bertz CT molecular complexity index is 972. The first kappa shape index (κ1) is 17.5. The van der Waals surface area contributed by atoms with Gasteiger partial charge in [-0.25, -0.2) is 0 Å². The second-order valence-corrected chi connectivity index (χ2v) is 7.67. The second-order valence-electron chi connectivity index (χ2n) is 7.67. The number of nitrogens with one attached hydrogen (secondary N) is 1. The van der Waals surface area contributed by atoms with Gasteiger partial charge in [-0.15, -0.1) is 0 Å². The minimum absolute atomic E-state index is 0.148. The molecule has 1 aliphatic carbocycles. The van der Waals surface area contributed by atoms with Gasteiger partial charge in [-0.2, -0.15) is 10.1 Å². The summed E-state index contributed by atoms with van der Waals surface area (Å²) in [5.41, 5.74) is 3.97. The Morgan fingerprint density at radius 1 is 1.30 bits per heavy atom. The predicted octanol–water partition coefficient (Wildman–Crippen LogP) is 3.72. The van der Waals surface area contributed by atoms with Crippen molar-refractivity contribution in [3.8, 4) is 11.6 Å². The van der Waals surface area contributed by atoms with E-state index in [1.54, 1.807) is 12.1 Å². The van der Waals surface area contributed by atoms with Gasteiger partial charge in [0.2, 0.25) is 0 Å². The van der Waals surface area contributed by atoms with Crippen LogP contribution in [0.4, 0.5) is 5.95 Å².